The van der Waals surface area contributed by atoms with Crippen LogP contribution in [-0.4, -0.2) is 4.57 Å². The fourth-order valence-corrected chi connectivity index (χ4v) is 8.18. The molecule has 254 valence electrons. The van der Waals surface area contributed by atoms with Crippen molar-refractivity contribution in [3.8, 4) is 39.1 Å². The summed E-state index contributed by atoms with van der Waals surface area (Å²) in [6.45, 7) is 0. The molecule has 10 aromatic rings. The summed E-state index contributed by atoms with van der Waals surface area (Å²) in [5, 5.41) is 4.89. The molecule has 0 bridgehead atoms. The van der Waals surface area contributed by atoms with Crippen molar-refractivity contribution >= 4 is 49.6 Å². The molecule has 0 fully saturated rings. The molecule has 0 aliphatic carbocycles. The first-order chi connectivity index (χ1) is 26.8. The van der Waals surface area contributed by atoms with E-state index in [1.165, 1.54) is 60.4 Å². The summed E-state index contributed by atoms with van der Waals surface area (Å²) < 4.78 is 2.46. The fraction of sp³-hybridized carbons (Fsp3) is 0. The van der Waals surface area contributed by atoms with E-state index >= 15 is 0 Å². The van der Waals surface area contributed by atoms with Gasteiger partial charge in [-0.15, -0.1) is 0 Å². The Morgan fingerprint density at radius 3 is 1.76 bits per heavy atom. The van der Waals surface area contributed by atoms with Crippen LogP contribution in [0.3, 0.4) is 0 Å². The molecule has 0 saturated carbocycles. The van der Waals surface area contributed by atoms with Crippen LogP contribution in [0.1, 0.15) is 0 Å². The molecule has 0 aliphatic rings. The zero-order valence-electron chi connectivity index (χ0n) is 29.7. The zero-order chi connectivity index (χ0) is 35.8. The molecule has 1 heterocycles. The lowest BCUT2D eigenvalue weighted by Crippen LogP contribution is -2.11. The van der Waals surface area contributed by atoms with Crippen LogP contribution in [0, 0.1) is 0 Å². The van der Waals surface area contributed by atoms with E-state index < -0.39 is 0 Å². The molecular weight excluding hydrogens is 653 g/mol. The Labute approximate surface area is 315 Å². The number of benzene rings is 9. The predicted octanol–water partition coefficient (Wildman–Crippen LogP) is 14.4. The summed E-state index contributed by atoms with van der Waals surface area (Å²) in [5.74, 6) is 0. The second kappa shape index (κ2) is 13.4. The largest absolute Gasteiger partial charge is 0.309 e. The van der Waals surface area contributed by atoms with Crippen LogP contribution in [0.5, 0.6) is 0 Å². The van der Waals surface area contributed by atoms with E-state index in [-0.39, 0.29) is 0 Å². The number of anilines is 3. The van der Waals surface area contributed by atoms with Gasteiger partial charge in [0, 0.05) is 27.6 Å². The van der Waals surface area contributed by atoms with Gasteiger partial charge in [0.15, 0.2) is 0 Å². The highest BCUT2D eigenvalue weighted by Gasteiger charge is 2.24. The second-order valence-electron chi connectivity index (χ2n) is 13.7. The molecule has 0 atom stereocenters. The van der Waals surface area contributed by atoms with E-state index in [1.807, 2.05) is 0 Å². The van der Waals surface area contributed by atoms with E-state index in [9.17, 15) is 0 Å². The van der Waals surface area contributed by atoms with Gasteiger partial charge in [-0.3, -0.25) is 0 Å². The smallest absolute Gasteiger partial charge is 0.0562 e. The summed E-state index contributed by atoms with van der Waals surface area (Å²) in [4.78, 5) is 2.45. The van der Waals surface area contributed by atoms with Crippen LogP contribution in [0.25, 0.3) is 71.6 Å². The normalized spacial score (nSPS) is 11.3. The number of fused-ring (bicyclic) bond motifs is 4. The molecule has 0 aliphatic heterocycles. The molecule has 0 amide bonds. The first-order valence-electron chi connectivity index (χ1n) is 18.5. The van der Waals surface area contributed by atoms with Gasteiger partial charge in [-0.1, -0.05) is 170 Å². The monoisotopic (exact) mass is 688 g/mol. The Morgan fingerprint density at radius 2 is 0.926 bits per heavy atom. The second-order valence-corrected chi connectivity index (χ2v) is 13.7. The molecule has 10 rings (SSSR count). The molecule has 0 radical (unpaired) electrons. The molecule has 0 saturated heterocycles. The molecule has 0 unspecified atom stereocenters. The molecule has 9 aromatic carbocycles. The summed E-state index contributed by atoms with van der Waals surface area (Å²) >= 11 is 0. The Balaban J connectivity index is 1.24. The van der Waals surface area contributed by atoms with Crippen molar-refractivity contribution in [3.63, 3.8) is 0 Å². The van der Waals surface area contributed by atoms with Crippen molar-refractivity contribution in [3.05, 3.63) is 218 Å². The average Bonchev–Trinajstić information content (AvgIpc) is 3.59. The SMILES string of the molecule is c1ccc(-c2ccccc2-c2ccccc2N(c2ccccc2)c2cccc3c2c2ccccc2n3-c2ccccc2-c2ccc3ccccc3c2)cc1. The minimum atomic E-state index is 1.10. The third-order valence-electron chi connectivity index (χ3n) is 10.6. The fourth-order valence-electron chi connectivity index (χ4n) is 8.18. The summed E-state index contributed by atoms with van der Waals surface area (Å²) in [6, 6.07) is 78.9. The standard InChI is InChI=1S/C52H36N2/c1-3-19-38(20-4-1)42-24-9-10-26-44(42)45-27-12-15-30-48(45)53(41-22-5-2-6-23-41)50-32-17-33-51-52(50)46-28-13-16-31-49(46)54(51)47-29-14-11-25-43(47)40-35-34-37-18-7-8-21-39(37)36-40/h1-36H. The van der Waals surface area contributed by atoms with E-state index in [0.29, 0.717) is 0 Å². The van der Waals surface area contributed by atoms with Gasteiger partial charge >= 0.3 is 0 Å². The third-order valence-corrected chi connectivity index (χ3v) is 10.6. The van der Waals surface area contributed by atoms with Gasteiger partial charge in [-0.25, -0.2) is 0 Å². The summed E-state index contributed by atoms with van der Waals surface area (Å²) in [6.07, 6.45) is 0. The molecule has 2 heteroatoms. The maximum atomic E-state index is 2.46. The van der Waals surface area contributed by atoms with Gasteiger partial charge in [-0.05, 0) is 81.6 Å². The van der Waals surface area contributed by atoms with Gasteiger partial charge < -0.3 is 9.47 Å². The Hall–Kier alpha value is -7.16. The van der Waals surface area contributed by atoms with Gasteiger partial charge in [0.2, 0.25) is 0 Å². The maximum absolute atomic E-state index is 2.46. The number of para-hydroxylation sites is 4. The van der Waals surface area contributed by atoms with Crippen molar-refractivity contribution in [1.29, 1.82) is 0 Å². The third kappa shape index (κ3) is 5.36. The van der Waals surface area contributed by atoms with E-state index in [1.54, 1.807) is 0 Å². The molecule has 2 nitrogen and oxygen atoms in total. The molecule has 1 aromatic heterocycles. The molecule has 54 heavy (non-hydrogen) atoms. The highest BCUT2D eigenvalue weighted by Crippen LogP contribution is 2.48. The van der Waals surface area contributed by atoms with Crippen molar-refractivity contribution in [2.24, 2.45) is 0 Å². The number of hydrogen-bond donors (Lipinski definition) is 0. The molecule has 0 N–H and O–H groups in total. The summed E-state index contributed by atoms with van der Waals surface area (Å²) in [5.41, 5.74) is 14.0. The topological polar surface area (TPSA) is 8.17 Å². The summed E-state index contributed by atoms with van der Waals surface area (Å²) in [7, 11) is 0. The molecular formula is C52H36N2. The van der Waals surface area contributed by atoms with Crippen molar-refractivity contribution < 1.29 is 0 Å². The lowest BCUT2D eigenvalue weighted by atomic mass is 9.93. The quantitative estimate of drug-likeness (QED) is 0.162. The number of nitrogens with zero attached hydrogens (tertiary/aromatic N) is 2. The Morgan fingerprint density at radius 1 is 0.333 bits per heavy atom. The van der Waals surface area contributed by atoms with Crippen LogP contribution >= 0.6 is 0 Å². The average molecular weight is 689 g/mol. The maximum Gasteiger partial charge on any atom is 0.0562 e. The van der Waals surface area contributed by atoms with Gasteiger partial charge in [0.1, 0.15) is 0 Å². The van der Waals surface area contributed by atoms with Crippen LogP contribution < -0.4 is 4.90 Å². The highest BCUT2D eigenvalue weighted by molar-refractivity contribution is 6.17. The predicted molar refractivity (Wildman–Crippen MR) is 229 cm³/mol. The Kier molecular flexibility index (Phi) is 7.85. The van der Waals surface area contributed by atoms with E-state index in [4.69, 9.17) is 0 Å². The van der Waals surface area contributed by atoms with Crippen molar-refractivity contribution in [2.45, 2.75) is 0 Å². The van der Waals surface area contributed by atoms with Crippen LogP contribution in [0.4, 0.5) is 17.1 Å². The van der Waals surface area contributed by atoms with Gasteiger partial charge in [0.25, 0.3) is 0 Å². The first-order valence-corrected chi connectivity index (χ1v) is 18.5. The Bertz CT molecular complexity index is 2940. The lowest BCUT2D eigenvalue weighted by molar-refractivity contribution is 1.18. The van der Waals surface area contributed by atoms with Crippen molar-refractivity contribution in [2.75, 3.05) is 4.90 Å². The van der Waals surface area contributed by atoms with Crippen LogP contribution in [-0.2, 0) is 0 Å². The number of aromatic nitrogens is 1. The van der Waals surface area contributed by atoms with E-state index in [0.717, 1.165) is 28.3 Å². The number of hydrogen-bond acceptors (Lipinski definition) is 1. The number of rotatable bonds is 7. The van der Waals surface area contributed by atoms with Crippen LogP contribution in [0.15, 0.2) is 218 Å². The van der Waals surface area contributed by atoms with E-state index in [2.05, 4.69) is 228 Å². The molecule has 0 spiro atoms. The minimum absolute atomic E-state index is 1.10. The van der Waals surface area contributed by atoms with Crippen LogP contribution in [0.2, 0.25) is 0 Å². The van der Waals surface area contributed by atoms with Gasteiger partial charge in [0.05, 0.1) is 28.1 Å². The van der Waals surface area contributed by atoms with Gasteiger partial charge in [-0.2, -0.15) is 0 Å². The highest BCUT2D eigenvalue weighted by atomic mass is 15.2. The first kappa shape index (κ1) is 31.6. The minimum Gasteiger partial charge on any atom is -0.309 e. The lowest BCUT2D eigenvalue weighted by Gasteiger charge is -2.29. The van der Waals surface area contributed by atoms with Crippen molar-refractivity contribution in [1.82, 2.24) is 4.57 Å². The zero-order valence-corrected chi connectivity index (χ0v) is 29.7.